The summed E-state index contributed by atoms with van der Waals surface area (Å²) in [5.41, 5.74) is -0.570. The fraction of sp³-hybridized carbons (Fsp3) is 1.00. The van der Waals surface area contributed by atoms with Crippen molar-refractivity contribution in [1.82, 2.24) is 5.32 Å². The van der Waals surface area contributed by atoms with Gasteiger partial charge in [0.05, 0.1) is 5.60 Å². The summed E-state index contributed by atoms with van der Waals surface area (Å²) in [4.78, 5) is 0. The van der Waals surface area contributed by atoms with Crippen molar-refractivity contribution in [2.75, 3.05) is 18.8 Å². The first-order valence-corrected chi connectivity index (χ1v) is 7.12. The lowest BCUT2D eigenvalue weighted by molar-refractivity contribution is 0.0144. The third kappa shape index (κ3) is 4.75. The molecule has 1 aliphatic heterocycles. The predicted octanol–water partition coefficient (Wildman–Crippen LogP) is 2.27. The molecule has 2 atom stereocenters. The Morgan fingerprint density at radius 2 is 2.20 bits per heavy atom. The number of thioether (sulfide) groups is 1. The maximum atomic E-state index is 10.1. The van der Waals surface area contributed by atoms with Crippen LogP contribution >= 0.6 is 11.8 Å². The quantitative estimate of drug-likeness (QED) is 0.761. The van der Waals surface area contributed by atoms with E-state index in [2.05, 4.69) is 30.9 Å². The van der Waals surface area contributed by atoms with Crippen molar-refractivity contribution in [3.8, 4) is 0 Å². The van der Waals surface area contributed by atoms with Gasteiger partial charge < -0.3 is 10.4 Å². The molecular weight excluding hydrogens is 206 g/mol. The van der Waals surface area contributed by atoms with Crippen molar-refractivity contribution in [3.63, 3.8) is 0 Å². The van der Waals surface area contributed by atoms with Crippen molar-refractivity contribution < 1.29 is 5.11 Å². The maximum absolute atomic E-state index is 10.1. The van der Waals surface area contributed by atoms with Gasteiger partial charge in [-0.3, -0.25) is 0 Å². The Bertz CT molecular complexity index is 176. The van der Waals surface area contributed by atoms with Crippen LogP contribution < -0.4 is 5.32 Å². The summed E-state index contributed by atoms with van der Waals surface area (Å²) < 4.78 is 0. The zero-order valence-electron chi connectivity index (χ0n) is 10.3. The molecule has 1 fully saturated rings. The van der Waals surface area contributed by atoms with Crippen LogP contribution in [0.25, 0.3) is 0 Å². The molecule has 0 saturated carbocycles. The summed E-state index contributed by atoms with van der Waals surface area (Å²) in [5, 5.41) is 14.2. The van der Waals surface area contributed by atoms with E-state index in [0.29, 0.717) is 12.5 Å². The molecule has 1 aliphatic rings. The molecule has 0 aromatic carbocycles. The molecule has 2 N–H and O–H groups in total. The molecule has 1 rings (SSSR count). The number of hydrogen-bond acceptors (Lipinski definition) is 3. The van der Waals surface area contributed by atoms with E-state index in [1.165, 1.54) is 25.0 Å². The van der Waals surface area contributed by atoms with Crippen molar-refractivity contribution in [1.29, 1.82) is 0 Å². The Kier molecular flexibility index (Phi) is 5.44. The van der Waals surface area contributed by atoms with Crippen molar-refractivity contribution in [2.24, 2.45) is 5.92 Å². The van der Waals surface area contributed by atoms with Crippen LogP contribution in [0.5, 0.6) is 0 Å². The second-order valence-corrected chi connectivity index (χ2v) is 6.54. The van der Waals surface area contributed by atoms with Gasteiger partial charge in [0.2, 0.25) is 0 Å². The van der Waals surface area contributed by atoms with E-state index >= 15 is 0 Å². The molecule has 0 aromatic heterocycles. The van der Waals surface area contributed by atoms with Gasteiger partial charge in [-0.1, -0.05) is 20.3 Å². The summed E-state index contributed by atoms with van der Waals surface area (Å²) in [6, 6.07) is 0. The Balaban J connectivity index is 2.14. The molecule has 90 valence electrons. The topological polar surface area (TPSA) is 32.3 Å². The highest BCUT2D eigenvalue weighted by molar-refractivity contribution is 7.99. The van der Waals surface area contributed by atoms with Crippen molar-refractivity contribution in [3.05, 3.63) is 0 Å². The van der Waals surface area contributed by atoms with Crippen LogP contribution in [0, 0.1) is 5.92 Å². The van der Waals surface area contributed by atoms with Gasteiger partial charge in [-0.25, -0.2) is 0 Å². The Labute approximate surface area is 98.2 Å². The van der Waals surface area contributed by atoms with Gasteiger partial charge in [0.25, 0.3) is 0 Å². The molecule has 0 radical (unpaired) electrons. The van der Waals surface area contributed by atoms with Crippen LogP contribution in [0.15, 0.2) is 0 Å². The van der Waals surface area contributed by atoms with E-state index in [9.17, 15) is 5.11 Å². The van der Waals surface area contributed by atoms with Gasteiger partial charge >= 0.3 is 0 Å². The molecular formula is C12H25NOS. The van der Waals surface area contributed by atoms with Gasteiger partial charge in [0.15, 0.2) is 0 Å². The van der Waals surface area contributed by atoms with Gasteiger partial charge in [0.1, 0.15) is 0 Å². The molecule has 0 aliphatic carbocycles. The van der Waals surface area contributed by atoms with Crippen LogP contribution in [-0.2, 0) is 0 Å². The van der Waals surface area contributed by atoms with Crippen molar-refractivity contribution >= 4 is 11.8 Å². The van der Waals surface area contributed by atoms with Crippen LogP contribution in [0.4, 0.5) is 0 Å². The molecule has 0 bridgehead atoms. The first-order valence-electron chi connectivity index (χ1n) is 6.07. The van der Waals surface area contributed by atoms with Gasteiger partial charge in [0, 0.05) is 18.3 Å². The lowest BCUT2D eigenvalue weighted by Crippen LogP contribution is -2.44. The van der Waals surface area contributed by atoms with E-state index in [0.717, 1.165) is 11.8 Å². The minimum atomic E-state index is -0.570. The zero-order valence-corrected chi connectivity index (χ0v) is 11.1. The first kappa shape index (κ1) is 13.3. The van der Waals surface area contributed by atoms with Crippen LogP contribution in [-0.4, -0.2) is 34.8 Å². The van der Waals surface area contributed by atoms with E-state index in [4.69, 9.17) is 0 Å². The Hall–Kier alpha value is 0.270. The summed E-state index contributed by atoms with van der Waals surface area (Å²) >= 11 is 2.08. The van der Waals surface area contributed by atoms with E-state index in [-0.39, 0.29) is 0 Å². The third-order valence-electron chi connectivity index (χ3n) is 3.37. The molecule has 1 saturated heterocycles. The predicted molar refractivity (Wildman–Crippen MR) is 68.4 cm³/mol. The molecule has 2 nitrogen and oxygen atoms in total. The van der Waals surface area contributed by atoms with Gasteiger partial charge in [-0.15, -0.1) is 0 Å². The van der Waals surface area contributed by atoms with E-state index in [1.54, 1.807) is 0 Å². The van der Waals surface area contributed by atoms with Crippen molar-refractivity contribution in [2.45, 2.75) is 50.9 Å². The zero-order chi connectivity index (χ0) is 11.3. The fourth-order valence-electron chi connectivity index (χ4n) is 1.66. The third-order valence-corrected chi connectivity index (χ3v) is 4.77. The Morgan fingerprint density at radius 1 is 1.47 bits per heavy atom. The average Bonchev–Trinajstić information content (AvgIpc) is 2.19. The highest BCUT2D eigenvalue weighted by Gasteiger charge is 2.24. The summed E-state index contributed by atoms with van der Waals surface area (Å²) in [6.45, 7) is 7.81. The SMILES string of the molecule is CC(C)C(C)(O)CNCC1CCCCS1. The van der Waals surface area contributed by atoms with Gasteiger partial charge in [-0.2, -0.15) is 11.8 Å². The lowest BCUT2D eigenvalue weighted by Gasteiger charge is -2.29. The molecule has 15 heavy (non-hydrogen) atoms. The summed E-state index contributed by atoms with van der Waals surface area (Å²) in [7, 11) is 0. The summed E-state index contributed by atoms with van der Waals surface area (Å²) in [6.07, 6.45) is 4.09. The molecule has 3 heteroatoms. The molecule has 1 heterocycles. The monoisotopic (exact) mass is 231 g/mol. The molecule has 2 unspecified atom stereocenters. The van der Waals surface area contributed by atoms with E-state index < -0.39 is 5.60 Å². The molecule has 0 aromatic rings. The number of aliphatic hydroxyl groups is 1. The Morgan fingerprint density at radius 3 is 2.73 bits per heavy atom. The largest absolute Gasteiger partial charge is 0.389 e. The van der Waals surface area contributed by atoms with Crippen LogP contribution in [0.2, 0.25) is 0 Å². The molecule has 0 amide bonds. The minimum absolute atomic E-state index is 0.309. The van der Waals surface area contributed by atoms with Gasteiger partial charge in [-0.05, 0) is 31.4 Å². The smallest absolute Gasteiger partial charge is 0.0766 e. The highest BCUT2D eigenvalue weighted by Crippen LogP contribution is 2.24. The number of nitrogens with one attached hydrogen (secondary N) is 1. The molecule has 0 spiro atoms. The maximum Gasteiger partial charge on any atom is 0.0766 e. The first-order chi connectivity index (χ1) is 7.02. The van der Waals surface area contributed by atoms with E-state index in [1.807, 2.05) is 6.92 Å². The number of rotatable bonds is 5. The second kappa shape index (κ2) is 6.12. The second-order valence-electron chi connectivity index (χ2n) is 5.13. The minimum Gasteiger partial charge on any atom is -0.389 e. The fourth-order valence-corrected chi connectivity index (χ4v) is 2.93. The number of hydrogen-bond donors (Lipinski definition) is 2. The average molecular weight is 231 g/mol. The van der Waals surface area contributed by atoms with Crippen LogP contribution in [0.1, 0.15) is 40.0 Å². The lowest BCUT2D eigenvalue weighted by atomic mass is 9.92. The highest BCUT2D eigenvalue weighted by atomic mass is 32.2. The van der Waals surface area contributed by atoms with Crippen LogP contribution in [0.3, 0.4) is 0 Å². The normalized spacial score (nSPS) is 26.6. The standard InChI is InChI=1S/C12H25NOS/c1-10(2)12(3,14)9-13-8-11-6-4-5-7-15-11/h10-11,13-14H,4-9H2,1-3H3. The summed E-state index contributed by atoms with van der Waals surface area (Å²) in [5.74, 6) is 1.62.